The van der Waals surface area contributed by atoms with Crippen molar-refractivity contribution in [3.05, 3.63) is 12.2 Å². The summed E-state index contributed by atoms with van der Waals surface area (Å²) in [5.74, 6) is 0. The maximum atomic E-state index is 2.43. The van der Waals surface area contributed by atoms with E-state index in [1.54, 1.807) is 0 Å². The first-order chi connectivity index (χ1) is 10.9. The van der Waals surface area contributed by atoms with Gasteiger partial charge in [-0.15, -0.1) is 0 Å². The summed E-state index contributed by atoms with van der Waals surface area (Å²) in [5.41, 5.74) is 0. The van der Waals surface area contributed by atoms with Crippen molar-refractivity contribution in [2.45, 2.75) is 129 Å². The molecule has 0 rings (SSSR count). The average Bonchev–Trinajstić information content (AvgIpc) is 2.54. The Morgan fingerprint density at radius 3 is 0.955 bits per heavy atom. The molecular weight excluding hydrogens is 264 g/mol. The van der Waals surface area contributed by atoms with Crippen LogP contribution < -0.4 is 0 Å². The van der Waals surface area contributed by atoms with Crippen molar-refractivity contribution in [2.24, 2.45) is 0 Å². The lowest BCUT2D eigenvalue weighted by Gasteiger charge is -2.01. The minimum Gasteiger partial charge on any atom is -0.0885 e. The van der Waals surface area contributed by atoms with Crippen LogP contribution in [0.5, 0.6) is 0 Å². The summed E-state index contributed by atoms with van der Waals surface area (Å²) in [5, 5.41) is 0. The van der Waals surface area contributed by atoms with Gasteiger partial charge in [-0.05, 0) is 25.7 Å². The number of hydrogen-bond donors (Lipinski definition) is 0. The van der Waals surface area contributed by atoms with Gasteiger partial charge in [0, 0.05) is 0 Å². The second-order valence-electron chi connectivity index (χ2n) is 7.00. The molecule has 0 aromatic rings. The number of hydrogen-bond acceptors (Lipinski definition) is 0. The Balaban J connectivity index is 3.02. The lowest BCUT2D eigenvalue weighted by Crippen LogP contribution is -1.81. The molecule has 132 valence electrons. The van der Waals surface area contributed by atoms with Gasteiger partial charge in [-0.2, -0.15) is 0 Å². The third-order valence-electron chi connectivity index (χ3n) is 4.62. The first-order valence-corrected chi connectivity index (χ1v) is 10.6. The third-order valence-corrected chi connectivity index (χ3v) is 4.62. The van der Waals surface area contributed by atoms with E-state index >= 15 is 0 Å². The Hall–Kier alpha value is -0.260. The summed E-state index contributed by atoms with van der Waals surface area (Å²) in [6.07, 6.45) is 30.4. The van der Waals surface area contributed by atoms with Crippen LogP contribution in [-0.4, -0.2) is 0 Å². The minimum atomic E-state index is 1.31. The van der Waals surface area contributed by atoms with Crippen LogP contribution >= 0.6 is 0 Å². The Kier molecular flexibility index (Phi) is 20.5. The van der Waals surface area contributed by atoms with Gasteiger partial charge >= 0.3 is 0 Å². The molecule has 0 unspecified atom stereocenters. The standard InChI is InChI=1S/C22H44/c1-3-5-7-9-11-13-15-17-19-21-22-20-18-16-14-12-10-8-6-4-2/h19,21H,3-18,20,22H2,1-2H3/b21-19-. The van der Waals surface area contributed by atoms with Gasteiger partial charge in [0.2, 0.25) is 0 Å². The van der Waals surface area contributed by atoms with E-state index in [-0.39, 0.29) is 0 Å². The SMILES string of the molecule is CCCCCCCCC/C=C\CCCCCCCCCCC. The Morgan fingerprint density at radius 2 is 0.636 bits per heavy atom. The van der Waals surface area contributed by atoms with Crippen LogP contribution in [-0.2, 0) is 0 Å². The van der Waals surface area contributed by atoms with E-state index < -0.39 is 0 Å². The van der Waals surface area contributed by atoms with Crippen LogP contribution in [0.3, 0.4) is 0 Å². The van der Waals surface area contributed by atoms with E-state index in [4.69, 9.17) is 0 Å². The fourth-order valence-corrected chi connectivity index (χ4v) is 3.03. The fourth-order valence-electron chi connectivity index (χ4n) is 3.03. The highest BCUT2D eigenvalue weighted by molar-refractivity contribution is 4.81. The van der Waals surface area contributed by atoms with Gasteiger partial charge in [-0.1, -0.05) is 116 Å². The average molecular weight is 309 g/mol. The summed E-state index contributed by atoms with van der Waals surface area (Å²) in [6.45, 7) is 4.58. The minimum absolute atomic E-state index is 1.31. The molecule has 0 N–H and O–H groups in total. The van der Waals surface area contributed by atoms with E-state index in [0.29, 0.717) is 0 Å². The van der Waals surface area contributed by atoms with Gasteiger partial charge in [-0.25, -0.2) is 0 Å². The quantitative estimate of drug-likeness (QED) is 0.176. The first-order valence-electron chi connectivity index (χ1n) is 10.6. The van der Waals surface area contributed by atoms with E-state index in [9.17, 15) is 0 Å². The summed E-state index contributed by atoms with van der Waals surface area (Å²) in [7, 11) is 0. The van der Waals surface area contributed by atoms with Crippen molar-refractivity contribution in [1.29, 1.82) is 0 Å². The smallest absolute Gasteiger partial charge is 0.0351 e. The van der Waals surface area contributed by atoms with Gasteiger partial charge < -0.3 is 0 Å². The molecule has 0 amide bonds. The monoisotopic (exact) mass is 308 g/mol. The molecule has 0 spiro atoms. The molecule has 0 saturated heterocycles. The molecular formula is C22H44. The van der Waals surface area contributed by atoms with Crippen LogP contribution in [0.2, 0.25) is 0 Å². The van der Waals surface area contributed by atoms with E-state index in [1.807, 2.05) is 0 Å². The van der Waals surface area contributed by atoms with Crippen molar-refractivity contribution in [1.82, 2.24) is 0 Å². The molecule has 0 saturated carbocycles. The van der Waals surface area contributed by atoms with Crippen molar-refractivity contribution in [3.63, 3.8) is 0 Å². The molecule has 0 atom stereocenters. The highest BCUT2D eigenvalue weighted by Crippen LogP contribution is 2.11. The topological polar surface area (TPSA) is 0 Å². The molecule has 0 aromatic carbocycles. The lowest BCUT2D eigenvalue weighted by atomic mass is 10.1. The summed E-state index contributed by atoms with van der Waals surface area (Å²) in [6, 6.07) is 0. The van der Waals surface area contributed by atoms with E-state index in [0.717, 1.165) is 0 Å². The number of unbranched alkanes of at least 4 members (excludes halogenated alkanes) is 16. The highest BCUT2D eigenvalue weighted by Gasteiger charge is 1.92. The van der Waals surface area contributed by atoms with Crippen molar-refractivity contribution >= 4 is 0 Å². The largest absolute Gasteiger partial charge is 0.0885 e. The zero-order chi connectivity index (χ0) is 16.1. The Bertz CT molecular complexity index is 204. The van der Waals surface area contributed by atoms with Crippen molar-refractivity contribution in [3.8, 4) is 0 Å². The molecule has 0 radical (unpaired) electrons. The normalized spacial score (nSPS) is 11.5. The number of allylic oxidation sites excluding steroid dienone is 2. The van der Waals surface area contributed by atoms with Crippen LogP contribution in [0, 0.1) is 0 Å². The molecule has 0 heteroatoms. The van der Waals surface area contributed by atoms with Gasteiger partial charge in [-0.3, -0.25) is 0 Å². The zero-order valence-electron chi connectivity index (χ0n) is 15.9. The van der Waals surface area contributed by atoms with Gasteiger partial charge in [0.25, 0.3) is 0 Å². The summed E-state index contributed by atoms with van der Waals surface area (Å²) in [4.78, 5) is 0. The van der Waals surface area contributed by atoms with Crippen LogP contribution in [0.25, 0.3) is 0 Å². The molecule has 0 fully saturated rings. The summed E-state index contributed by atoms with van der Waals surface area (Å²) >= 11 is 0. The highest BCUT2D eigenvalue weighted by atomic mass is 14.0. The maximum Gasteiger partial charge on any atom is -0.0351 e. The summed E-state index contributed by atoms with van der Waals surface area (Å²) < 4.78 is 0. The van der Waals surface area contributed by atoms with Gasteiger partial charge in [0.05, 0.1) is 0 Å². The van der Waals surface area contributed by atoms with Crippen LogP contribution in [0.1, 0.15) is 129 Å². The Morgan fingerprint density at radius 1 is 0.364 bits per heavy atom. The second kappa shape index (κ2) is 20.7. The molecule has 0 heterocycles. The first kappa shape index (κ1) is 21.7. The maximum absolute atomic E-state index is 2.43. The molecule has 0 aromatic heterocycles. The molecule has 0 aliphatic carbocycles. The van der Waals surface area contributed by atoms with Crippen LogP contribution in [0.4, 0.5) is 0 Å². The second-order valence-corrected chi connectivity index (χ2v) is 7.00. The predicted octanol–water partition coefficient (Wildman–Crippen LogP) is 8.60. The molecule has 0 aliphatic heterocycles. The van der Waals surface area contributed by atoms with Crippen molar-refractivity contribution < 1.29 is 0 Å². The zero-order valence-corrected chi connectivity index (χ0v) is 15.9. The lowest BCUT2D eigenvalue weighted by molar-refractivity contribution is 0.566. The third kappa shape index (κ3) is 19.7. The predicted molar refractivity (Wildman–Crippen MR) is 104 cm³/mol. The molecule has 22 heavy (non-hydrogen) atoms. The van der Waals surface area contributed by atoms with Gasteiger partial charge in [0.15, 0.2) is 0 Å². The number of rotatable bonds is 18. The van der Waals surface area contributed by atoms with E-state index in [1.165, 1.54) is 116 Å². The van der Waals surface area contributed by atoms with Crippen molar-refractivity contribution in [2.75, 3.05) is 0 Å². The molecule has 0 aliphatic rings. The van der Waals surface area contributed by atoms with E-state index in [2.05, 4.69) is 26.0 Å². The Labute approximate surface area is 142 Å². The van der Waals surface area contributed by atoms with Crippen LogP contribution in [0.15, 0.2) is 12.2 Å². The van der Waals surface area contributed by atoms with Gasteiger partial charge in [0.1, 0.15) is 0 Å². The molecule has 0 nitrogen and oxygen atoms in total. The fraction of sp³-hybridized carbons (Fsp3) is 0.909. The molecule has 0 bridgehead atoms.